The van der Waals surface area contributed by atoms with E-state index in [2.05, 4.69) is 11.6 Å². The molecule has 0 amide bonds. The molecule has 3 atom stereocenters. The van der Waals surface area contributed by atoms with Crippen molar-refractivity contribution < 1.29 is 8.42 Å². The lowest BCUT2D eigenvalue weighted by atomic mass is 9.99. The van der Waals surface area contributed by atoms with Crippen LogP contribution in [0.15, 0.2) is 0 Å². The fraction of sp³-hybridized carbons (Fsp3) is 1.00. The van der Waals surface area contributed by atoms with Gasteiger partial charge in [0.15, 0.2) is 0 Å². The highest BCUT2D eigenvalue weighted by atomic mass is 32.2. The molecule has 4 nitrogen and oxygen atoms in total. The van der Waals surface area contributed by atoms with Crippen molar-refractivity contribution in [3.8, 4) is 0 Å². The van der Waals surface area contributed by atoms with Crippen molar-refractivity contribution in [2.24, 2.45) is 5.92 Å². The topological polar surface area (TPSA) is 49.4 Å². The SMILES string of the molecule is CSC1CCC(NCC2CCCN(S(C)(=O)=O)C2)C1. The van der Waals surface area contributed by atoms with Gasteiger partial charge in [-0.3, -0.25) is 0 Å². The number of nitrogens with one attached hydrogen (secondary N) is 1. The third-order valence-electron chi connectivity index (χ3n) is 4.36. The van der Waals surface area contributed by atoms with Crippen LogP contribution in [0, 0.1) is 5.92 Å². The first-order chi connectivity index (χ1) is 8.99. The van der Waals surface area contributed by atoms with Gasteiger partial charge in [0.2, 0.25) is 10.0 Å². The standard InChI is InChI=1S/C13H26N2O2S2/c1-18-13-6-5-12(8-13)14-9-11-4-3-7-15(10-11)19(2,16)17/h11-14H,3-10H2,1-2H3. The van der Waals surface area contributed by atoms with Gasteiger partial charge in [0, 0.05) is 24.4 Å². The average Bonchev–Trinajstić information content (AvgIpc) is 2.84. The Balaban J connectivity index is 1.74. The van der Waals surface area contributed by atoms with Crippen molar-refractivity contribution in [2.45, 2.75) is 43.4 Å². The van der Waals surface area contributed by atoms with Crippen molar-refractivity contribution in [1.29, 1.82) is 0 Å². The lowest BCUT2D eigenvalue weighted by Gasteiger charge is -2.31. The number of hydrogen-bond acceptors (Lipinski definition) is 4. The largest absolute Gasteiger partial charge is 0.314 e. The Bertz CT molecular complexity index is 386. The lowest BCUT2D eigenvalue weighted by Crippen LogP contribution is -2.43. The van der Waals surface area contributed by atoms with E-state index in [0.717, 1.165) is 24.6 Å². The second kappa shape index (κ2) is 6.78. The Labute approximate surface area is 121 Å². The first kappa shape index (κ1) is 15.6. The normalized spacial score (nSPS) is 33.7. The third-order valence-corrected chi connectivity index (χ3v) is 6.73. The zero-order valence-electron chi connectivity index (χ0n) is 12.0. The van der Waals surface area contributed by atoms with Crippen LogP contribution in [0.25, 0.3) is 0 Å². The zero-order chi connectivity index (χ0) is 13.9. The Morgan fingerprint density at radius 2 is 2.11 bits per heavy atom. The van der Waals surface area contributed by atoms with Gasteiger partial charge in [-0.25, -0.2) is 12.7 Å². The summed E-state index contributed by atoms with van der Waals surface area (Å²) in [6.07, 6.45) is 9.52. The Morgan fingerprint density at radius 1 is 1.32 bits per heavy atom. The van der Waals surface area contributed by atoms with Crippen molar-refractivity contribution in [1.82, 2.24) is 9.62 Å². The highest BCUT2D eigenvalue weighted by molar-refractivity contribution is 7.99. The average molecular weight is 306 g/mol. The zero-order valence-corrected chi connectivity index (χ0v) is 13.6. The smallest absolute Gasteiger partial charge is 0.211 e. The van der Waals surface area contributed by atoms with Crippen molar-refractivity contribution in [3.05, 3.63) is 0 Å². The fourth-order valence-electron chi connectivity index (χ4n) is 3.17. The van der Waals surface area contributed by atoms with Crippen LogP contribution >= 0.6 is 11.8 Å². The van der Waals surface area contributed by atoms with Crippen LogP contribution in [-0.4, -0.2) is 56.2 Å². The highest BCUT2D eigenvalue weighted by Gasteiger charge is 2.28. The molecule has 112 valence electrons. The number of piperidine rings is 1. The van der Waals surface area contributed by atoms with Gasteiger partial charge in [0.1, 0.15) is 0 Å². The summed E-state index contributed by atoms with van der Waals surface area (Å²) in [5, 5.41) is 4.47. The van der Waals surface area contributed by atoms with Crippen LogP contribution in [-0.2, 0) is 10.0 Å². The van der Waals surface area contributed by atoms with Crippen LogP contribution in [0.4, 0.5) is 0 Å². The highest BCUT2D eigenvalue weighted by Crippen LogP contribution is 2.28. The minimum absolute atomic E-state index is 0.483. The van der Waals surface area contributed by atoms with E-state index in [9.17, 15) is 8.42 Å². The first-order valence-corrected chi connectivity index (χ1v) is 10.3. The summed E-state index contributed by atoms with van der Waals surface area (Å²) >= 11 is 1.97. The van der Waals surface area contributed by atoms with Gasteiger partial charge in [-0.05, 0) is 50.8 Å². The summed E-state index contributed by atoms with van der Waals surface area (Å²) in [6, 6.07) is 0.645. The van der Waals surface area contributed by atoms with Gasteiger partial charge >= 0.3 is 0 Å². The molecule has 1 saturated carbocycles. The minimum atomic E-state index is -3.01. The molecule has 1 aliphatic carbocycles. The van der Waals surface area contributed by atoms with E-state index in [1.54, 1.807) is 4.31 Å². The summed E-state index contributed by atoms with van der Waals surface area (Å²) < 4.78 is 24.8. The number of sulfonamides is 1. The van der Waals surface area contributed by atoms with Gasteiger partial charge in [0.25, 0.3) is 0 Å². The summed E-state index contributed by atoms with van der Waals surface area (Å²) in [5.74, 6) is 0.483. The van der Waals surface area contributed by atoms with Gasteiger partial charge in [-0.15, -0.1) is 0 Å². The molecule has 0 aromatic heterocycles. The molecule has 1 N–H and O–H groups in total. The molecule has 3 unspecified atom stereocenters. The quantitative estimate of drug-likeness (QED) is 0.837. The van der Waals surface area contributed by atoms with Crippen LogP contribution < -0.4 is 5.32 Å². The molecule has 1 aliphatic heterocycles. The van der Waals surface area contributed by atoms with E-state index in [1.165, 1.54) is 25.5 Å². The summed E-state index contributed by atoms with van der Waals surface area (Å²) in [5.41, 5.74) is 0. The predicted octanol–water partition coefficient (Wildman–Crippen LogP) is 1.53. The van der Waals surface area contributed by atoms with E-state index in [1.807, 2.05) is 11.8 Å². The number of nitrogens with zero attached hydrogens (tertiary/aromatic N) is 1. The van der Waals surface area contributed by atoms with Crippen LogP contribution in [0.2, 0.25) is 0 Å². The maximum atomic E-state index is 11.6. The van der Waals surface area contributed by atoms with E-state index in [4.69, 9.17) is 0 Å². The molecule has 2 rings (SSSR count). The monoisotopic (exact) mass is 306 g/mol. The number of thioether (sulfide) groups is 1. The molecule has 1 heterocycles. The molecule has 0 bridgehead atoms. The maximum Gasteiger partial charge on any atom is 0.211 e. The van der Waals surface area contributed by atoms with E-state index < -0.39 is 10.0 Å². The lowest BCUT2D eigenvalue weighted by molar-refractivity contribution is 0.255. The Morgan fingerprint density at radius 3 is 2.74 bits per heavy atom. The van der Waals surface area contributed by atoms with E-state index in [0.29, 0.717) is 25.0 Å². The summed E-state index contributed by atoms with van der Waals surface area (Å²) in [4.78, 5) is 0. The molecule has 19 heavy (non-hydrogen) atoms. The molecule has 0 aromatic carbocycles. The van der Waals surface area contributed by atoms with Crippen LogP contribution in [0.5, 0.6) is 0 Å². The summed E-state index contributed by atoms with van der Waals surface area (Å²) in [6.45, 7) is 2.37. The second-order valence-electron chi connectivity index (χ2n) is 5.91. The molecule has 6 heteroatoms. The van der Waals surface area contributed by atoms with Gasteiger partial charge < -0.3 is 5.32 Å². The first-order valence-electron chi connectivity index (χ1n) is 7.20. The summed E-state index contributed by atoms with van der Waals surface area (Å²) in [7, 11) is -3.01. The predicted molar refractivity (Wildman–Crippen MR) is 82.1 cm³/mol. The Kier molecular flexibility index (Phi) is 5.57. The third kappa shape index (κ3) is 4.62. The van der Waals surface area contributed by atoms with Crippen molar-refractivity contribution in [3.63, 3.8) is 0 Å². The minimum Gasteiger partial charge on any atom is -0.314 e. The molecule has 2 fully saturated rings. The molecule has 0 radical (unpaired) electrons. The molecular weight excluding hydrogens is 280 g/mol. The van der Waals surface area contributed by atoms with Gasteiger partial charge in [-0.1, -0.05) is 0 Å². The van der Waals surface area contributed by atoms with E-state index >= 15 is 0 Å². The molecular formula is C13H26N2O2S2. The molecule has 0 spiro atoms. The van der Waals surface area contributed by atoms with Crippen LogP contribution in [0.3, 0.4) is 0 Å². The van der Waals surface area contributed by atoms with Gasteiger partial charge in [-0.2, -0.15) is 11.8 Å². The van der Waals surface area contributed by atoms with Crippen molar-refractivity contribution in [2.75, 3.05) is 32.1 Å². The molecule has 2 aliphatic rings. The molecule has 1 saturated heterocycles. The number of hydrogen-bond donors (Lipinski definition) is 1. The number of rotatable bonds is 5. The van der Waals surface area contributed by atoms with Crippen LogP contribution in [0.1, 0.15) is 32.1 Å². The fourth-order valence-corrected chi connectivity index (χ4v) is 4.91. The second-order valence-corrected chi connectivity index (χ2v) is 9.03. The van der Waals surface area contributed by atoms with Gasteiger partial charge in [0.05, 0.1) is 6.26 Å². The maximum absolute atomic E-state index is 11.6. The van der Waals surface area contributed by atoms with Crippen molar-refractivity contribution >= 4 is 21.8 Å². The molecule has 0 aromatic rings. The Hall–Kier alpha value is 0.220. The van der Waals surface area contributed by atoms with E-state index in [-0.39, 0.29) is 0 Å².